The molecule has 19 heavy (non-hydrogen) atoms. The van der Waals surface area contributed by atoms with Crippen LogP contribution in [0.2, 0.25) is 0 Å². The smallest absolute Gasteiger partial charge is 0.252 e. The van der Waals surface area contributed by atoms with Gasteiger partial charge in [-0.2, -0.15) is 0 Å². The molecule has 1 aliphatic heterocycles. The number of amides is 2. The normalized spacial score (nSPS) is 19.5. The number of rotatable bonds is 2. The van der Waals surface area contributed by atoms with Crippen molar-refractivity contribution in [3.05, 3.63) is 33.8 Å². The van der Waals surface area contributed by atoms with E-state index in [0.717, 1.165) is 22.9 Å². The SMILES string of the molecule is Cc1c(Br)cccc1C(=O)NC1CCCCNC1=O. The zero-order valence-electron chi connectivity index (χ0n) is 10.8. The Bertz CT molecular complexity index is 502. The lowest BCUT2D eigenvalue weighted by atomic mass is 10.1. The van der Waals surface area contributed by atoms with E-state index >= 15 is 0 Å². The van der Waals surface area contributed by atoms with Gasteiger partial charge in [0, 0.05) is 16.6 Å². The first-order valence-electron chi connectivity index (χ1n) is 6.43. The van der Waals surface area contributed by atoms with E-state index in [9.17, 15) is 9.59 Å². The first kappa shape index (κ1) is 14.1. The highest BCUT2D eigenvalue weighted by molar-refractivity contribution is 9.10. The fraction of sp³-hybridized carbons (Fsp3) is 0.429. The Morgan fingerprint density at radius 3 is 3.00 bits per heavy atom. The largest absolute Gasteiger partial charge is 0.354 e. The summed E-state index contributed by atoms with van der Waals surface area (Å²) in [7, 11) is 0. The van der Waals surface area contributed by atoms with Crippen LogP contribution in [-0.4, -0.2) is 24.4 Å². The van der Waals surface area contributed by atoms with Crippen LogP contribution in [-0.2, 0) is 4.79 Å². The molecule has 1 saturated heterocycles. The van der Waals surface area contributed by atoms with Gasteiger partial charge in [-0.15, -0.1) is 0 Å². The second-order valence-corrected chi connectivity index (χ2v) is 5.58. The summed E-state index contributed by atoms with van der Waals surface area (Å²) in [6.45, 7) is 2.58. The lowest BCUT2D eigenvalue weighted by Gasteiger charge is -2.16. The van der Waals surface area contributed by atoms with Gasteiger partial charge in [-0.05, 0) is 43.9 Å². The molecular formula is C14H17BrN2O2. The van der Waals surface area contributed by atoms with Gasteiger partial charge in [-0.25, -0.2) is 0 Å². The van der Waals surface area contributed by atoms with Crippen LogP contribution in [0.4, 0.5) is 0 Å². The summed E-state index contributed by atoms with van der Waals surface area (Å²) in [6, 6.07) is 5.06. The third-order valence-electron chi connectivity index (χ3n) is 3.35. The Kier molecular flexibility index (Phi) is 4.58. The third kappa shape index (κ3) is 3.35. The van der Waals surface area contributed by atoms with E-state index in [-0.39, 0.29) is 11.8 Å². The Balaban J connectivity index is 2.12. The van der Waals surface area contributed by atoms with E-state index in [4.69, 9.17) is 0 Å². The molecule has 1 unspecified atom stereocenters. The summed E-state index contributed by atoms with van der Waals surface area (Å²) in [6.07, 6.45) is 2.61. The lowest BCUT2D eigenvalue weighted by molar-refractivity contribution is -0.122. The van der Waals surface area contributed by atoms with Crippen LogP contribution in [0.3, 0.4) is 0 Å². The van der Waals surface area contributed by atoms with Crippen molar-refractivity contribution < 1.29 is 9.59 Å². The van der Waals surface area contributed by atoms with Crippen molar-refractivity contribution in [1.29, 1.82) is 0 Å². The van der Waals surface area contributed by atoms with E-state index in [2.05, 4.69) is 26.6 Å². The van der Waals surface area contributed by atoms with E-state index in [0.29, 0.717) is 18.5 Å². The average Bonchev–Trinajstić information content (AvgIpc) is 2.58. The van der Waals surface area contributed by atoms with Crippen LogP contribution < -0.4 is 10.6 Å². The summed E-state index contributed by atoms with van der Waals surface area (Å²) in [5, 5.41) is 5.64. The van der Waals surface area contributed by atoms with Gasteiger partial charge < -0.3 is 10.6 Å². The molecule has 0 aromatic heterocycles. The molecule has 0 aliphatic carbocycles. The van der Waals surface area contributed by atoms with E-state index < -0.39 is 6.04 Å². The molecule has 5 heteroatoms. The number of nitrogens with one attached hydrogen (secondary N) is 2. The van der Waals surface area contributed by atoms with Crippen LogP contribution in [0, 0.1) is 6.92 Å². The first-order chi connectivity index (χ1) is 9.09. The molecule has 1 fully saturated rings. The van der Waals surface area contributed by atoms with E-state index in [1.54, 1.807) is 6.07 Å². The van der Waals surface area contributed by atoms with Gasteiger partial charge in [0.15, 0.2) is 0 Å². The maximum absolute atomic E-state index is 12.2. The summed E-state index contributed by atoms with van der Waals surface area (Å²) in [5.74, 6) is -0.278. The Hall–Kier alpha value is -1.36. The van der Waals surface area contributed by atoms with Gasteiger partial charge in [0.1, 0.15) is 6.04 Å². The minimum Gasteiger partial charge on any atom is -0.354 e. The summed E-state index contributed by atoms with van der Waals surface area (Å²) >= 11 is 3.40. The molecule has 4 nitrogen and oxygen atoms in total. The summed E-state index contributed by atoms with van der Waals surface area (Å²) in [4.78, 5) is 24.0. The molecule has 1 aromatic rings. The number of hydrogen-bond acceptors (Lipinski definition) is 2. The fourth-order valence-electron chi connectivity index (χ4n) is 2.17. The van der Waals surface area contributed by atoms with Gasteiger partial charge in [0.25, 0.3) is 5.91 Å². The number of carbonyl (C=O) groups excluding carboxylic acids is 2. The standard InChI is InChI=1S/C14H17BrN2O2/c1-9-10(5-4-6-11(9)15)13(18)17-12-7-2-3-8-16-14(12)19/h4-6,12H,2-3,7-8H2,1H3,(H,16,19)(H,17,18). The number of benzene rings is 1. The minimum atomic E-state index is -0.423. The van der Waals surface area contributed by atoms with Crippen molar-refractivity contribution in [3.63, 3.8) is 0 Å². The van der Waals surface area contributed by atoms with Crippen LogP contribution in [0.5, 0.6) is 0 Å². The first-order valence-corrected chi connectivity index (χ1v) is 7.22. The molecule has 0 bridgehead atoms. The van der Waals surface area contributed by atoms with Gasteiger partial charge >= 0.3 is 0 Å². The maximum Gasteiger partial charge on any atom is 0.252 e. The summed E-state index contributed by atoms with van der Waals surface area (Å²) < 4.78 is 0.894. The van der Waals surface area contributed by atoms with Crippen molar-refractivity contribution in [2.75, 3.05) is 6.54 Å². The molecule has 1 aliphatic rings. The minimum absolute atomic E-state index is 0.0847. The second kappa shape index (κ2) is 6.19. The van der Waals surface area contributed by atoms with Crippen molar-refractivity contribution in [1.82, 2.24) is 10.6 Å². The second-order valence-electron chi connectivity index (χ2n) is 4.73. The van der Waals surface area contributed by atoms with Crippen LogP contribution in [0.1, 0.15) is 35.2 Å². The zero-order valence-corrected chi connectivity index (χ0v) is 12.4. The van der Waals surface area contributed by atoms with Crippen LogP contribution in [0.15, 0.2) is 22.7 Å². The number of carbonyl (C=O) groups is 2. The highest BCUT2D eigenvalue weighted by atomic mass is 79.9. The molecule has 102 valence electrons. The van der Waals surface area contributed by atoms with Gasteiger partial charge in [0.2, 0.25) is 5.91 Å². The topological polar surface area (TPSA) is 58.2 Å². The zero-order chi connectivity index (χ0) is 13.8. The molecule has 1 heterocycles. The molecule has 2 amide bonds. The Morgan fingerprint density at radius 1 is 1.42 bits per heavy atom. The Morgan fingerprint density at radius 2 is 2.21 bits per heavy atom. The van der Waals surface area contributed by atoms with Gasteiger partial charge in [-0.1, -0.05) is 22.0 Å². The van der Waals surface area contributed by atoms with Crippen LogP contribution in [0.25, 0.3) is 0 Å². The van der Waals surface area contributed by atoms with Crippen molar-refractivity contribution in [2.45, 2.75) is 32.2 Å². The third-order valence-corrected chi connectivity index (χ3v) is 4.21. The number of halogens is 1. The average molecular weight is 325 g/mol. The highest BCUT2D eigenvalue weighted by Crippen LogP contribution is 2.19. The maximum atomic E-state index is 12.2. The Labute approximate surface area is 121 Å². The molecule has 1 aromatic carbocycles. The predicted molar refractivity (Wildman–Crippen MR) is 77.0 cm³/mol. The van der Waals surface area contributed by atoms with Crippen molar-refractivity contribution in [3.8, 4) is 0 Å². The van der Waals surface area contributed by atoms with E-state index in [1.165, 1.54) is 0 Å². The number of hydrogen-bond donors (Lipinski definition) is 2. The predicted octanol–water partition coefficient (Wildman–Crippen LogP) is 2.16. The molecule has 1 atom stereocenters. The van der Waals surface area contributed by atoms with E-state index in [1.807, 2.05) is 19.1 Å². The van der Waals surface area contributed by atoms with Crippen molar-refractivity contribution >= 4 is 27.7 Å². The van der Waals surface area contributed by atoms with Crippen molar-refractivity contribution in [2.24, 2.45) is 0 Å². The molecule has 2 rings (SSSR count). The van der Waals surface area contributed by atoms with Crippen LogP contribution >= 0.6 is 15.9 Å². The lowest BCUT2D eigenvalue weighted by Crippen LogP contribution is -2.45. The summed E-state index contributed by atoms with van der Waals surface area (Å²) in [5.41, 5.74) is 1.49. The highest BCUT2D eigenvalue weighted by Gasteiger charge is 2.23. The van der Waals surface area contributed by atoms with Gasteiger partial charge in [0.05, 0.1) is 0 Å². The molecule has 2 N–H and O–H groups in total. The van der Waals surface area contributed by atoms with Gasteiger partial charge in [-0.3, -0.25) is 9.59 Å². The molecule has 0 radical (unpaired) electrons. The fourth-order valence-corrected chi connectivity index (χ4v) is 2.53. The molecular weight excluding hydrogens is 308 g/mol. The monoisotopic (exact) mass is 324 g/mol. The quantitative estimate of drug-likeness (QED) is 0.875. The molecule has 0 saturated carbocycles. The molecule has 0 spiro atoms.